The molecule has 19 heavy (non-hydrogen) atoms. The van der Waals surface area contributed by atoms with E-state index in [1.807, 2.05) is 0 Å². The van der Waals surface area contributed by atoms with Crippen LogP contribution in [0.5, 0.6) is 0 Å². The van der Waals surface area contributed by atoms with E-state index in [4.69, 9.17) is 0 Å². The van der Waals surface area contributed by atoms with Gasteiger partial charge in [-0.3, -0.25) is 0 Å². The van der Waals surface area contributed by atoms with Crippen LogP contribution >= 0.6 is 0 Å². The molecule has 0 radical (unpaired) electrons. The van der Waals surface area contributed by atoms with Gasteiger partial charge in [0.15, 0.2) is 0 Å². The first-order valence-corrected chi connectivity index (χ1v) is 7.72. The molecule has 3 atom stereocenters. The van der Waals surface area contributed by atoms with Crippen LogP contribution in [0.3, 0.4) is 0 Å². The van der Waals surface area contributed by atoms with E-state index in [9.17, 15) is 5.11 Å². The van der Waals surface area contributed by atoms with Crippen molar-refractivity contribution in [1.29, 1.82) is 0 Å². The zero-order valence-corrected chi connectivity index (χ0v) is 12.9. The van der Waals surface area contributed by atoms with Crippen LogP contribution in [0.15, 0.2) is 12.1 Å². The van der Waals surface area contributed by atoms with Crippen molar-refractivity contribution < 1.29 is 5.11 Å². The Hall–Kier alpha value is -0.820. The van der Waals surface area contributed by atoms with Gasteiger partial charge in [-0.05, 0) is 68.6 Å². The summed E-state index contributed by atoms with van der Waals surface area (Å²) in [6.07, 6.45) is 5.69. The molecule has 0 aliphatic heterocycles. The van der Waals surface area contributed by atoms with E-state index >= 15 is 0 Å². The van der Waals surface area contributed by atoms with E-state index in [1.165, 1.54) is 47.9 Å². The van der Waals surface area contributed by atoms with Crippen LogP contribution < -0.4 is 0 Å². The first kappa shape index (κ1) is 14.6. The largest absolute Gasteiger partial charge is 0.392 e. The second-order valence-corrected chi connectivity index (χ2v) is 6.68. The lowest BCUT2D eigenvalue weighted by molar-refractivity contribution is 0.0718. The second kappa shape index (κ2) is 6.09. The molecule has 3 unspecified atom stereocenters. The molecule has 1 saturated carbocycles. The number of rotatable bonds is 3. The average Bonchev–Trinajstić information content (AvgIpc) is 2.33. The SMILES string of the molecule is Cc1cc(C)c(CC(O)C2CCCC(C)C2)c(C)c1. The number of benzene rings is 1. The van der Waals surface area contributed by atoms with Gasteiger partial charge in [0.1, 0.15) is 0 Å². The average molecular weight is 260 g/mol. The van der Waals surface area contributed by atoms with E-state index in [1.54, 1.807) is 0 Å². The van der Waals surface area contributed by atoms with Gasteiger partial charge >= 0.3 is 0 Å². The zero-order chi connectivity index (χ0) is 14.0. The third kappa shape index (κ3) is 3.60. The topological polar surface area (TPSA) is 20.2 Å². The summed E-state index contributed by atoms with van der Waals surface area (Å²) in [4.78, 5) is 0. The van der Waals surface area contributed by atoms with E-state index in [0.29, 0.717) is 5.92 Å². The Labute approximate surface area is 118 Å². The summed E-state index contributed by atoms with van der Waals surface area (Å²) >= 11 is 0. The predicted octanol–water partition coefficient (Wildman–Crippen LogP) is 4.34. The van der Waals surface area contributed by atoms with Crippen molar-refractivity contribution in [2.75, 3.05) is 0 Å². The molecule has 0 spiro atoms. The fourth-order valence-corrected chi connectivity index (χ4v) is 3.74. The van der Waals surface area contributed by atoms with E-state index in [2.05, 4.69) is 39.8 Å². The fourth-order valence-electron chi connectivity index (χ4n) is 3.74. The van der Waals surface area contributed by atoms with Crippen molar-refractivity contribution in [3.63, 3.8) is 0 Å². The molecular weight excluding hydrogens is 232 g/mol. The lowest BCUT2D eigenvalue weighted by Crippen LogP contribution is -2.28. The van der Waals surface area contributed by atoms with Gasteiger partial charge in [-0.25, -0.2) is 0 Å². The second-order valence-electron chi connectivity index (χ2n) is 6.68. The van der Waals surface area contributed by atoms with E-state index in [0.717, 1.165) is 12.3 Å². The zero-order valence-electron chi connectivity index (χ0n) is 12.9. The van der Waals surface area contributed by atoms with Gasteiger partial charge < -0.3 is 5.11 Å². The predicted molar refractivity (Wildman–Crippen MR) is 81.5 cm³/mol. The number of aliphatic hydroxyl groups is 1. The first-order chi connectivity index (χ1) is 8.97. The summed E-state index contributed by atoms with van der Waals surface area (Å²) in [6.45, 7) is 8.81. The summed E-state index contributed by atoms with van der Waals surface area (Å²) < 4.78 is 0. The minimum absolute atomic E-state index is 0.164. The monoisotopic (exact) mass is 260 g/mol. The highest BCUT2D eigenvalue weighted by atomic mass is 16.3. The van der Waals surface area contributed by atoms with Crippen molar-refractivity contribution in [2.45, 2.75) is 65.9 Å². The van der Waals surface area contributed by atoms with Crippen LogP contribution in [0.4, 0.5) is 0 Å². The standard InChI is InChI=1S/C18H28O/c1-12-6-5-7-16(10-12)18(19)11-17-14(3)8-13(2)9-15(17)4/h8-9,12,16,18-19H,5-7,10-11H2,1-4H3. The van der Waals surface area contributed by atoms with Crippen LogP contribution in [0.2, 0.25) is 0 Å². The summed E-state index contributed by atoms with van der Waals surface area (Å²) in [6, 6.07) is 4.47. The highest BCUT2D eigenvalue weighted by molar-refractivity contribution is 5.37. The molecule has 1 fully saturated rings. The fraction of sp³-hybridized carbons (Fsp3) is 0.667. The maximum Gasteiger partial charge on any atom is 0.0609 e. The lowest BCUT2D eigenvalue weighted by atomic mass is 9.77. The molecule has 0 bridgehead atoms. The van der Waals surface area contributed by atoms with Crippen LogP contribution in [0.1, 0.15) is 54.9 Å². The van der Waals surface area contributed by atoms with Crippen molar-refractivity contribution in [3.05, 3.63) is 34.4 Å². The molecule has 0 heterocycles. The van der Waals surface area contributed by atoms with Gasteiger partial charge in [-0.2, -0.15) is 0 Å². The van der Waals surface area contributed by atoms with Crippen LogP contribution in [-0.2, 0) is 6.42 Å². The molecule has 1 nitrogen and oxygen atoms in total. The van der Waals surface area contributed by atoms with E-state index < -0.39 is 0 Å². The van der Waals surface area contributed by atoms with Crippen LogP contribution in [0.25, 0.3) is 0 Å². The van der Waals surface area contributed by atoms with Crippen molar-refractivity contribution in [1.82, 2.24) is 0 Å². The third-order valence-electron chi connectivity index (χ3n) is 4.77. The molecule has 1 aromatic carbocycles. The molecule has 1 N–H and O–H groups in total. The van der Waals surface area contributed by atoms with Crippen molar-refractivity contribution in [2.24, 2.45) is 11.8 Å². The van der Waals surface area contributed by atoms with Crippen molar-refractivity contribution >= 4 is 0 Å². The molecule has 1 aromatic rings. The maximum atomic E-state index is 10.6. The van der Waals surface area contributed by atoms with Gasteiger partial charge in [0, 0.05) is 0 Å². The van der Waals surface area contributed by atoms with Gasteiger partial charge in [0.25, 0.3) is 0 Å². The Kier molecular flexibility index (Phi) is 4.67. The minimum Gasteiger partial charge on any atom is -0.392 e. The molecule has 2 rings (SSSR count). The first-order valence-electron chi connectivity index (χ1n) is 7.72. The lowest BCUT2D eigenvalue weighted by Gasteiger charge is -2.31. The van der Waals surface area contributed by atoms with Gasteiger partial charge in [0.2, 0.25) is 0 Å². The Morgan fingerprint density at radius 1 is 1.16 bits per heavy atom. The number of aliphatic hydroxyl groups excluding tert-OH is 1. The molecule has 1 heteroatoms. The highest BCUT2D eigenvalue weighted by Crippen LogP contribution is 2.32. The number of hydrogen-bond donors (Lipinski definition) is 1. The number of aryl methyl sites for hydroxylation is 3. The molecule has 0 saturated heterocycles. The summed E-state index contributed by atoms with van der Waals surface area (Å²) in [5.41, 5.74) is 5.34. The minimum atomic E-state index is -0.164. The number of hydrogen-bond acceptors (Lipinski definition) is 1. The summed E-state index contributed by atoms with van der Waals surface area (Å²) in [7, 11) is 0. The summed E-state index contributed by atoms with van der Waals surface area (Å²) in [5.74, 6) is 1.29. The normalized spacial score (nSPS) is 25.3. The molecule has 106 valence electrons. The Morgan fingerprint density at radius 2 is 1.79 bits per heavy atom. The van der Waals surface area contributed by atoms with Gasteiger partial charge in [0.05, 0.1) is 6.10 Å². The highest BCUT2D eigenvalue weighted by Gasteiger charge is 2.26. The smallest absolute Gasteiger partial charge is 0.0609 e. The van der Waals surface area contributed by atoms with Gasteiger partial charge in [-0.15, -0.1) is 0 Å². The molecular formula is C18H28O. The molecule has 0 amide bonds. The molecule has 0 aromatic heterocycles. The van der Waals surface area contributed by atoms with E-state index in [-0.39, 0.29) is 6.10 Å². The quantitative estimate of drug-likeness (QED) is 0.857. The Balaban J connectivity index is 2.08. The Morgan fingerprint density at radius 3 is 2.37 bits per heavy atom. The van der Waals surface area contributed by atoms with Crippen LogP contribution in [-0.4, -0.2) is 11.2 Å². The third-order valence-corrected chi connectivity index (χ3v) is 4.77. The molecule has 1 aliphatic carbocycles. The summed E-state index contributed by atoms with van der Waals surface area (Å²) in [5, 5.41) is 10.6. The maximum absolute atomic E-state index is 10.6. The van der Waals surface area contributed by atoms with Crippen LogP contribution in [0, 0.1) is 32.6 Å². The molecule has 1 aliphatic rings. The Bertz CT molecular complexity index is 412. The van der Waals surface area contributed by atoms with Crippen molar-refractivity contribution in [3.8, 4) is 0 Å². The van der Waals surface area contributed by atoms with Gasteiger partial charge in [-0.1, -0.05) is 37.5 Å².